The van der Waals surface area contributed by atoms with Crippen LogP contribution in [-0.4, -0.2) is 43.1 Å². The van der Waals surface area contributed by atoms with Crippen molar-refractivity contribution in [2.24, 2.45) is 0 Å². The molecule has 0 amide bonds. The van der Waals surface area contributed by atoms with Gasteiger partial charge in [-0.1, -0.05) is 12.1 Å². The van der Waals surface area contributed by atoms with Crippen molar-refractivity contribution < 1.29 is 23.2 Å². The van der Waals surface area contributed by atoms with Crippen LogP contribution in [0.25, 0.3) is 0 Å². The van der Waals surface area contributed by atoms with Gasteiger partial charge in [-0.15, -0.1) is 0 Å². The monoisotopic (exact) mass is 315 g/mol. The molecule has 3 N–H and O–H groups in total. The molecule has 1 aromatic carbocycles. The predicted octanol–water partition coefficient (Wildman–Crippen LogP) is 0.312. The maximum atomic E-state index is 11.1. The van der Waals surface area contributed by atoms with Crippen molar-refractivity contribution in [3.05, 3.63) is 24.3 Å². The third kappa shape index (κ3) is 5.31. The molecule has 0 aromatic heterocycles. The lowest BCUT2D eigenvalue weighted by Gasteiger charge is -2.38. The first-order valence-electron chi connectivity index (χ1n) is 6.48. The number of rotatable bonds is 6. The van der Waals surface area contributed by atoms with Crippen molar-refractivity contribution in [2.75, 3.05) is 11.0 Å². The molecule has 8 heteroatoms. The summed E-state index contributed by atoms with van der Waals surface area (Å²) in [7, 11) is -4.56. The van der Waals surface area contributed by atoms with E-state index in [4.69, 9.17) is 4.65 Å². The van der Waals surface area contributed by atoms with Gasteiger partial charge in [0, 0.05) is 5.69 Å². The Morgan fingerprint density at radius 3 is 2.00 bits per heavy atom. The Balaban J connectivity index is 2.83. The second kappa shape index (κ2) is 5.96. The van der Waals surface area contributed by atoms with E-state index in [1.54, 1.807) is 39.8 Å². The van der Waals surface area contributed by atoms with Crippen LogP contribution in [0.1, 0.15) is 27.7 Å². The first-order chi connectivity index (χ1) is 9.32. The molecule has 118 valence electrons. The summed E-state index contributed by atoms with van der Waals surface area (Å²) in [5.41, 5.74) is -1.23. The van der Waals surface area contributed by atoms with Crippen LogP contribution in [-0.2, 0) is 14.7 Å². The average Bonchev–Trinajstić information content (AvgIpc) is 2.25. The van der Waals surface area contributed by atoms with Crippen LogP contribution >= 0.6 is 0 Å². The van der Waals surface area contributed by atoms with Gasteiger partial charge in [0.25, 0.3) is 0 Å². The Kier molecular flexibility index (Phi) is 5.10. The molecule has 0 spiro atoms. The van der Waals surface area contributed by atoms with Gasteiger partial charge in [-0.05, 0) is 45.3 Å². The standard InChI is InChI=1S/C13H22BNO5S/c1-12(2,16)13(3,4)20-14(17)10-6-8-11(9-7-10)15-21(5,18)19/h6-9,15-17H,1-5H3. The van der Waals surface area contributed by atoms with Crippen LogP contribution in [0.4, 0.5) is 5.69 Å². The van der Waals surface area contributed by atoms with Gasteiger partial charge in [0.15, 0.2) is 0 Å². The van der Waals surface area contributed by atoms with Crippen molar-refractivity contribution in [2.45, 2.75) is 38.9 Å². The van der Waals surface area contributed by atoms with Crippen molar-refractivity contribution in [1.29, 1.82) is 0 Å². The number of hydrogen-bond donors (Lipinski definition) is 3. The summed E-state index contributed by atoms with van der Waals surface area (Å²) < 4.78 is 30.0. The van der Waals surface area contributed by atoms with E-state index in [0.29, 0.717) is 11.2 Å². The summed E-state index contributed by atoms with van der Waals surface area (Å²) in [4.78, 5) is 0. The smallest absolute Gasteiger partial charge is 0.423 e. The van der Waals surface area contributed by atoms with Crippen LogP contribution in [0.5, 0.6) is 0 Å². The Morgan fingerprint density at radius 2 is 1.62 bits per heavy atom. The molecule has 0 fully saturated rings. The van der Waals surface area contributed by atoms with Crippen LogP contribution in [0.15, 0.2) is 24.3 Å². The Bertz CT molecular complexity index is 578. The zero-order chi connectivity index (χ0) is 16.5. The van der Waals surface area contributed by atoms with Gasteiger partial charge in [-0.2, -0.15) is 0 Å². The zero-order valence-electron chi connectivity index (χ0n) is 12.9. The molecule has 0 heterocycles. The molecule has 21 heavy (non-hydrogen) atoms. The molecule has 0 saturated heterocycles. The van der Waals surface area contributed by atoms with Crippen LogP contribution in [0.2, 0.25) is 0 Å². The number of hydrogen-bond acceptors (Lipinski definition) is 5. The van der Waals surface area contributed by atoms with Gasteiger partial charge >= 0.3 is 7.12 Å². The normalized spacial score (nSPS) is 13.1. The highest BCUT2D eigenvalue weighted by atomic mass is 32.2. The SMILES string of the molecule is CC(C)(O)C(C)(C)OB(O)c1ccc(NS(C)(=O)=O)cc1. The summed E-state index contributed by atoms with van der Waals surface area (Å²) in [5, 5.41) is 20.1. The molecule has 1 aromatic rings. The lowest BCUT2D eigenvalue weighted by molar-refractivity contribution is -0.0982. The molecule has 0 aliphatic heterocycles. The molecule has 0 atom stereocenters. The summed E-state index contributed by atoms with van der Waals surface area (Å²) in [6.45, 7) is 6.54. The Labute approximate surface area is 126 Å². The van der Waals surface area contributed by atoms with E-state index in [1.807, 2.05) is 0 Å². The summed E-state index contributed by atoms with van der Waals surface area (Å²) >= 11 is 0. The summed E-state index contributed by atoms with van der Waals surface area (Å²) in [6.07, 6.45) is 1.06. The van der Waals surface area contributed by atoms with E-state index in [-0.39, 0.29) is 0 Å². The molecule has 0 radical (unpaired) electrons. The third-order valence-corrected chi connectivity index (χ3v) is 3.99. The van der Waals surface area contributed by atoms with E-state index >= 15 is 0 Å². The van der Waals surface area contributed by atoms with Gasteiger partial charge in [-0.3, -0.25) is 4.72 Å². The Morgan fingerprint density at radius 1 is 1.14 bits per heavy atom. The van der Waals surface area contributed by atoms with E-state index in [0.717, 1.165) is 6.26 Å². The molecule has 0 saturated carbocycles. The number of aliphatic hydroxyl groups is 1. The molecule has 6 nitrogen and oxygen atoms in total. The highest BCUT2D eigenvalue weighted by molar-refractivity contribution is 7.92. The van der Waals surface area contributed by atoms with Crippen molar-refractivity contribution >= 4 is 28.3 Å². The second-order valence-corrected chi connectivity index (χ2v) is 7.78. The van der Waals surface area contributed by atoms with Crippen LogP contribution in [0, 0.1) is 0 Å². The second-order valence-electron chi connectivity index (χ2n) is 6.04. The summed E-state index contributed by atoms with van der Waals surface area (Å²) in [6, 6.07) is 6.16. The van der Waals surface area contributed by atoms with Crippen LogP contribution < -0.4 is 10.2 Å². The lowest BCUT2D eigenvalue weighted by atomic mass is 9.76. The van der Waals surface area contributed by atoms with Gasteiger partial charge in [-0.25, -0.2) is 8.42 Å². The molecule has 0 bridgehead atoms. The zero-order valence-corrected chi connectivity index (χ0v) is 13.7. The quantitative estimate of drug-likeness (QED) is 0.657. The van der Waals surface area contributed by atoms with E-state index in [1.165, 1.54) is 12.1 Å². The number of anilines is 1. The first-order valence-corrected chi connectivity index (χ1v) is 8.37. The van der Waals surface area contributed by atoms with Gasteiger partial charge in [0.2, 0.25) is 10.0 Å². The minimum atomic E-state index is -3.34. The Hall–Kier alpha value is -1.09. The fourth-order valence-corrected chi connectivity index (χ4v) is 1.99. The van der Waals surface area contributed by atoms with Crippen molar-refractivity contribution in [3.63, 3.8) is 0 Å². The predicted molar refractivity (Wildman–Crippen MR) is 84.0 cm³/mol. The largest absolute Gasteiger partial charge is 0.491 e. The fourth-order valence-electron chi connectivity index (χ4n) is 1.42. The third-order valence-electron chi connectivity index (χ3n) is 3.38. The average molecular weight is 315 g/mol. The van der Waals surface area contributed by atoms with Gasteiger partial charge in [0.05, 0.1) is 17.5 Å². The summed E-state index contributed by atoms with van der Waals surface area (Å²) in [5.74, 6) is 0. The molecular formula is C13H22BNO5S. The minimum absolute atomic E-state index is 0.398. The van der Waals surface area contributed by atoms with Crippen LogP contribution in [0.3, 0.4) is 0 Å². The van der Waals surface area contributed by atoms with Crippen molar-refractivity contribution in [3.8, 4) is 0 Å². The number of benzene rings is 1. The lowest BCUT2D eigenvalue weighted by Crippen LogP contribution is -2.53. The van der Waals surface area contributed by atoms with E-state index in [9.17, 15) is 18.5 Å². The van der Waals surface area contributed by atoms with Gasteiger partial charge < -0.3 is 14.8 Å². The molecular weight excluding hydrogens is 293 g/mol. The maximum absolute atomic E-state index is 11.1. The molecule has 1 rings (SSSR count). The highest BCUT2D eigenvalue weighted by Crippen LogP contribution is 2.25. The topological polar surface area (TPSA) is 95.9 Å². The van der Waals surface area contributed by atoms with E-state index < -0.39 is 28.3 Å². The molecule has 0 unspecified atom stereocenters. The molecule has 0 aliphatic rings. The number of sulfonamides is 1. The first kappa shape index (κ1) is 18.0. The maximum Gasteiger partial charge on any atom is 0.491 e. The minimum Gasteiger partial charge on any atom is -0.423 e. The van der Waals surface area contributed by atoms with E-state index in [2.05, 4.69) is 4.72 Å². The fraction of sp³-hybridized carbons (Fsp3) is 0.538. The highest BCUT2D eigenvalue weighted by Gasteiger charge is 2.39. The van der Waals surface area contributed by atoms with Crippen molar-refractivity contribution in [1.82, 2.24) is 0 Å². The molecule has 0 aliphatic carbocycles. The van der Waals surface area contributed by atoms with Gasteiger partial charge in [0.1, 0.15) is 0 Å². The number of nitrogens with one attached hydrogen (secondary N) is 1.